The van der Waals surface area contributed by atoms with Crippen molar-refractivity contribution in [2.45, 2.75) is 26.7 Å². The molecule has 3 aliphatic carbocycles. The van der Waals surface area contributed by atoms with Crippen LogP contribution in [0.3, 0.4) is 0 Å². The highest BCUT2D eigenvalue weighted by molar-refractivity contribution is 5.31. The molecule has 0 aromatic heterocycles. The quantitative estimate of drug-likeness (QED) is 0.477. The molecule has 4 unspecified atom stereocenters. The maximum Gasteiger partial charge on any atom is -0.0106 e. The van der Waals surface area contributed by atoms with Gasteiger partial charge in [0.15, 0.2) is 0 Å². The van der Waals surface area contributed by atoms with E-state index >= 15 is 0 Å². The van der Waals surface area contributed by atoms with Crippen LogP contribution in [0.25, 0.3) is 0 Å². The molecule has 0 aliphatic heterocycles. The Hall–Kier alpha value is -0.520. The summed E-state index contributed by atoms with van der Waals surface area (Å²) in [7, 11) is 0. The van der Waals surface area contributed by atoms with Crippen molar-refractivity contribution < 1.29 is 0 Å². The third-order valence-electron chi connectivity index (χ3n) is 4.27. The summed E-state index contributed by atoms with van der Waals surface area (Å²) in [4.78, 5) is 0. The van der Waals surface area contributed by atoms with E-state index in [2.05, 4.69) is 26.0 Å². The van der Waals surface area contributed by atoms with Crippen LogP contribution in [0.2, 0.25) is 0 Å². The smallest absolute Gasteiger partial charge is 0.0106 e. The van der Waals surface area contributed by atoms with Crippen LogP contribution in [0.15, 0.2) is 23.3 Å². The Bertz CT molecular complexity index is 282. The molecule has 64 valence electrons. The van der Waals surface area contributed by atoms with Crippen LogP contribution in [0.4, 0.5) is 0 Å². The molecule has 0 amide bonds. The van der Waals surface area contributed by atoms with E-state index in [-0.39, 0.29) is 0 Å². The summed E-state index contributed by atoms with van der Waals surface area (Å²) < 4.78 is 0. The fourth-order valence-electron chi connectivity index (χ4n) is 3.78. The molecule has 1 fully saturated rings. The summed E-state index contributed by atoms with van der Waals surface area (Å²) in [5, 5.41) is 0. The van der Waals surface area contributed by atoms with Gasteiger partial charge in [-0.1, -0.05) is 23.3 Å². The first kappa shape index (κ1) is 6.94. The molecule has 2 bridgehead atoms. The standard InChI is InChI=1S/C12H16/c1-7-3-4-10-11-6-9(12(7)10)5-8(11)2/h3,5,9-12H,4,6H2,1-2H3. The maximum absolute atomic E-state index is 2.54. The maximum atomic E-state index is 2.54. The van der Waals surface area contributed by atoms with E-state index in [1.165, 1.54) is 12.8 Å². The Morgan fingerprint density at radius 3 is 2.92 bits per heavy atom. The summed E-state index contributed by atoms with van der Waals surface area (Å²) in [5.41, 5.74) is 3.36. The molecule has 0 heterocycles. The van der Waals surface area contributed by atoms with Crippen LogP contribution < -0.4 is 0 Å². The minimum atomic E-state index is 0.916. The van der Waals surface area contributed by atoms with E-state index in [0.29, 0.717) is 0 Å². The second-order valence-electron chi connectivity index (χ2n) is 4.79. The van der Waals surface area contributed by atoms with Gasteiger partial charge in [-0.25, -0.2) is 0 Å². The molecule has 0 heteroatoms. The molecule has 0 saturated heterocycles. The second kappa shape index (κ2) is 2.04. The van der Waals surface area contributed by atoms with Gasteiger partial charge in [-0.15, -0.1) is 0 Å². The fourth-order valence-corrected chi connectivity index (χ4v) is 3.78. The van der Waals surface area contributed by atoms with Gasteiger partial charge >= 0.3 is 0 Å². The average molecular weight is 160 g/mol. The minimum absolute atomic E-state index is 0.916. The fraction of sp³-hybridized carbons (Fsp3) is 0.667. The van der Waals surface area contributed by atoms with Crippen molar-refractivity contribution in [2.24, 2.45) is 23.7 Å². The zero-order valence-corrected chi connectivity index (χ0v) is 7.88. The van der Waals surface area contributed by atoms with Crippen molar-refractivity contribution in [3.8, 4) is 0 Å². The van der Waals surface area contributed by atoms with Crippen LogP contribution in [0.1, 0.15) is 26.7 Å². The molecule has 0 aromatic rings. The highest BCUT2D eigenvalue weighted by Gasteiger charge is 2.48. The van der Waals surface area contributed by atoms with E-state index in [9.17, 15) is 0 Å². The summed E-state index contributed by atoms with van der Waals surface area (Å²) in [5.74, 6) is 3.81. The van der Waals surface area contributed by atoms with Gasteiger partial charge in [0.25, 0.3) is 0 Å². The lowest BCUT2D eigenvalue weighted by atomic mass is 9.80. The third-order valence-corrected chi connectivity index (χ3v) is 4.27. The summed E-state index contributed by atoms with van der Waals surface area (Å²) in [6.07, 6.45) is 7.84. The van der Waals surface area contributed by atoms with E-state index in [1.807, 2.05) is 0 Å². The van der Waals surface area contributed by atoms with Crippen molar-refractivity contribution >= 4 is 0 Å². The van der Waals surface area contributed by atoms with Crippen LogP contribution >= 0.6 is 0 Å². The molecular formula is C12H16. The van der Waals surface area contributed by atoms with Crippen molar-refractivity contribution in [3.63, 3.8) is 0 Å². The molecule has 0 N–H and O–H groups in total. The zero-order valence-electron chi connectivity index (χ0n) is 7.88. The second-order valence-corrected chi connectivity index (χ2v) is 4.79. The zero-order chi connectivity index (χ0) is 8.29. The molecule has 12 heavy (non-hydrogen) atoms. The number of fused-ring (bicyclic) bond motifs is 5. The molecule has 3 aliphatic rings. The van der Waals surface area contributed by atoms with Gasteiger partial charge in [-0.3, -0.25) is 0 Å². The normalized spacial score (nSPS) is 49.2. The van der Waals surface area contributed by atoms with Crippen molar-refractivity contribution in [1.29, 1.82) is 0 Å². The SMILES string of the molecule is CC1=CC2CC1C1CC=C(C)C21. The Morgan fingerprint density at radius 1 is 1.25 bits per heavy atom. The number of allylic oxidation sites excluding steroid dienone is 4. The Balaban J connectivity index is 2.01. The number of hydrogen-bond donors (Lipinski definition) is 0. The topological polar surface area (TPSA) is 0 Å². The molecular weight excluding hydrogens is 144 g/mol. The van der Waals surface area contributed by atoms with E-state index in [1.54, 1.807) is 11.1 Å². The van der Waals surface area contributed by atoms with Gasteiger partial charge in [0, 0.05) is 0 Å². The van der Waals surface area contributed by atoms with Gasteiger partial charge in [0.05, 0.1) is 0 Å². The number of hydrogen-bond acceptors (Lipinski definition) is 0. The summed E-state index contributed by atoms with van der Waals surface area (Å²) >= 11 is 0. The Morgan fingerprint density at radius 2 is 2.08 bits per heavy atom. The van der Waals surface area contributed by atoms with Gasteiger partial charge in [-0.05, 0) is 50.4 Å². The highest BCUT2D eigenvalue weighted by atomic mass is 14.5. The summed E-state index contributed by atoms with van der Waals surface area (Å²) in [6.45, 7) is 4.66. The van der Waals surface area contributed by atoms with Crippen molar-refractivity contribution in [1.82, 2.24) is 0 Å². The number of rotatable bonds is 0. The van der Waals surface area contributed by atoms with Gasteiger partial charge < -0.3 is 0 Å². The van der Waals surface area contributed by atoms with E-state index in [0.717, 1.165) is 23.7 Å². The average Bonchev–Trinajstić information content (AvgIpc) is 2.62. The minimum Gasteiger partial charge on any atom is -0.0850 e. The first-order valence-electron chi connectivity index (χ1n) is 5.12. The van der Waals surface area contributed by atoms with Crippen LogP contribution in [-0.4, -0.2) is 0 Å². The first-order chi connectivity index (χ1) is 5.77. The van der Waals surface area contributed by atoms with Crippen molar-refractivity contribution in [3.05, 3.63) is 23.3 Å². The molecule has 1 saturated carbocycles. The van der Waals surface area contributed by atoms with Gasteiger partial charge in [0.2, 0.25) is 0 Å². The molecule has 0 aromatic carbocycles. The molecule has 0 radical (unpaired) electrons. The van der Waals surface area contributed by atoms with Crippen LogP contribution in [0, 0.1) is 23.7 Å². The highest BCUT2D eigenvalue weighted by Crippen LogP contribution is 2.57. The molecule has 3 rings (SSSR count). The molecule has 0 nitrogen and oxygen atoms in total. The predicted octanol–water partition coefficient (Wildman–Crippen LogP) is 3.16. The van der Waals surface area contributed by atoms with E-state index in [4.69, 9.17) is 0 Å². The summed E-state index contributed by atoms with van der Waals surface area (Å²) in [6, 6.07) is 0. The Kier molecular flexibility index (Phi) is 1.18. The lowest BCUT2D eigenvalue weighted by molar-refractivity contribution is 0.373. The Labute approximate surface area is 74.4 Å². The lowest BCUT2D eigenvalue weighted by Crippen LogP contribution is -2.17. The van der Waals surface area contributed by atoms with Crippen LogP contribution in [0.5, 0.6) is 0 Å². The van der Waals surface area contributed by atoms with Gasteiger partial charge in [0.1, 0.15) is 0 Å². The molecule has 4 atom stereocenters. The van der Waals surface area contributed by atoms with E-state index < -0.39 is 0 Å². The first-order valence-corrected chi connectivity index (χ1v) is 5.12. The predicted molar refractivity (Wildman–Crippen MR) is 50.7 cm³/mol. The lowest BCUT2D eigenvalue weighted by Gasteiger charge is -2.25. The van der Waals surface area contributed by atoms with Crippen molar-refractivity contribution in [2.75, 3.05) is 0 Å². The third kappa shape index (κ3) is 0.646. The van der Waals surface area contributed by atoms with Crippen LogP contribution in [-0.2, 0) is 0 Å². The molecule has 0 spiro atoms. The monoisotopic (exact) mass is 160 g/mol. The van der Waals surface area contributed by atoms with Gasteiger partial charge in [-0.2, -0.15) is 0 Å². The largest absolute Gasteiger partial charge is 0.0850 e.